The number of ether oxygens (including phenoxy) is 3. The largest absolute Gasteiger partial charge is 0.493 e. The highest BCUT2D eigenvalue weighted by Gasteiger charge is 2.14. The predicted octanol–water partition coefficient (Wildman–Crippen LogP) is 2.97. The third-order valence-electron chi connectivity index (χ3n) is 5.08. The van der Waals surface area contributed by atoms with Crippen molar-refractivity contribution in [1.29, 1.82) is 0 Å². The molecule has 0 amide bonds. The smallest absolute Gasteiger partial charge is 0.394 e. The summed E-state index contributed by atoms with van der Waals surface area (Å²) in [5.74, 6) is 1.31. The van der Waals surface area contributed by atoms with Crippen LogP contribution in [0.25, 0.3) is 10.9 Å². The Bertz CT molecular complexity index is 1460. The fraction of sp³-hybridized carbons (Fsp3) is 0.364. The summed E-state index contributed by atoms with van der Waals surface area (Å²) < 4.78 is 93.5. The van der Waals surface area contributed by atoms with E-state index in [2.05, 4.69) is 20.2 Å². The average molecular weight is 643 g/mol. The summed E-state index contributed by atoms with van der Waals surface area (Å²) in [5, 5.41) is 3.97. The number of fused-ring (bicyclic) bond motifs is 1. The molecule has 0 saturated carbocycles. The van der Waals surface area contributed by atoms with Gasteiger partial charge in [-0.25, -0.2) is 14.4 Å². The van der Waals surface area contributed by atoms with Crippen molar-refractivity contribution in [2.75, 3.05) is 51.9 Å². The highest BCUT2D eigenvalue weighted by molar-refractivity contribution is 7.80. The van der Waals surface area contributed by atoms with Crippen LogP contribution in [0.4, 0.5) is 15.9 Å². The quantitative estimate of drug-likeness (QED) is 0.176. The van der Waals surface area contributed by atoms with Crippen molar-refractivity contribution in [2.45, 2.75) is 6.42 Å². The van der Waals surface area contributed by atoms with E-state index >= 15 is 0 Å². The van der Waals surface area contributed by atoms with Crippen molar-refractivity contribution in [1.82, 2.24) is 14.9 Å². The Hall–Kier alpha value is -2.94. The molecular weight excluding hydrogens is 615 g/mol. The summed E-state index contributed by atoms with van der Waals surface area (Å²) in [6.07, 6.45) is 2.35. The Balaban J connectivity index is 0.000000507. The normalized spacial score (nSPS) is 13.8. The van der Waals surface area contributed by atoms with Gasteiger partial charge in [-0.2, -0.15) is 16.8 Å². The minimum Gasteiger partial charge on any atom is -0.493 e. The SMILES string of the molecule is COc1cc2ncnc(Nc3ccc(F)c(Cl)c3)c2cc1OCCCN1CCOCC1.O=S(=O)(O)O.O=S(=O)(O)O. The second kappa shape index (κ2) is 15.9. The molecule has 0 unspecified atom stereocenters. The Kier molecular flexibility index (Phi) is 13.3. The molecule has 0 atom stereocenters. The number of morpholine rings is 1. The van der Waals surface area contributed by atoms with Gasteiger partial charge in [0.25, 0.3) is 0 Å². The lowest BCUT2D eigenvalue weighted by molar-refractivity contribution is 0.0357. The van der Waals surface area contributed by atoms with Gasteiger partial charge >= 0.3 is 20.8 Å². The van der Waals surface area contributed by atoms with E-state index in [1.54, 1.807) is 13.2 Å². The molecule has 0 spiro atoms. The van der Waals surface area contributed by atoms with Crippen LogP contribution >= 0.6 is 11.6 Å². The number of nitrogens with one attached hydrogen (secondary N) is 1. The van der Waals surface area contributed by atoms with Crippen LogP contribution in [-0.2, 0) is 25.5 Å². The number of aromatic nitrogens is 2. The molecule has 15 nitrogen and oxygen atoms in total. The van der Waals surface area contributed by atoms with Crippen LogP contribution in [0.2, 0.25) is 5.02 Å². The van der Waals surface area contributed by atoms with Crippen molar-refractivity contribution >= 4 is 54.8 Å². The number of hydrogen-bond acceptors (Lipinski definition) is 11. The van der Waals surface area contributed by atoms with Crippen LogP contribution < -0.4 is 14.8 Å². The lowest BCUT2D eigenvalue weighted by atomic mass is 10.2. The molecule has 1 aromatic heterocycles. The van der Waals surface area contributed by atoms with Crippen LogP contribution in [0.5, 0.6) is 11.5 Å². The third kappa shape index (κ3) is 14.0. The maximum atomic E-state index is 13.5. The van der Waals surface area contributed by atoms with E-state index in [0.717, 1.165) is 44.7 Å². The van der Waals surface area contributed by atoms with Gasteiger partial charge in [0.1, 0.15) is 18.0 Å². The van der Waals surface area contributed by atoms with Crippen LogP contribution in [0, 0.1) is 5.82 Å². The molecule has 2 heterocycles. The van der Waals surface area contributed by atoms with Crippen LogP contribution in [0.3, 0.4) is 0 Å². The average Bonchev–Trinajstić information content (AvgIpc) is 2.87. The Morgan fingerprint density at radius 2 is 1.66 bits per heavy atom. The number of benzene rings is 2. The summed E-state index contributed by atoms with van der Waals surface area (Å²) in [5.41, 5.74) is 1.32. The van der Waals surface area contributed by atoms with Crippen molar-refractivity contribution in [2.24, 2.45) is 0 Å². The molecule has 1 saturated heterocycles. The van der Waals surface area contributed by atoms with E-state index in [1.807, 2.05) is 12.1 Å². The summed E-state index contributed by atoms with van der Waals surface area (Å²) in [6.45, 7) is 5.00. The molecule has 0 aliphatic carbocycles. The molecule has 1 aliphatic rings. The number of nitrogens with zero attached hydrogens (tertiary/aromatic N) is 3. The second-order valence-electron chi connectivity index (χ2n) is 8.05. The Morgan fingerprint density at radius 3 is 2.24 bits per heavy atom. The van der Waals surface area contributed by atoms with Gasteiger partial charge in [0.2, 0.25) is 0 Å². The Morgan fingerprint density at radius 1 is 1.02 bits per heavy atom. The Labute approximate surface area is 240 Å². The van der Waals surface area contributed by atoms with Crippen molar-refractivity contribution in [3.05, 3.63) is 47.5 Å². The van der Waals surface area contributed by atoms with Crippen LogP contribution in [0.15, 0.2) is 36.7 Å². The van der Waals surface area contributed by atoms with Gasteiger partial charge in [-0.3, -0.25) is 23.1 Å². The first-order valence-corrected chi connectivity index (χ1v) is 14.7. The van der Waals surface area contributed by atoms with Crippen molar-refractivity contribution < 1.29 is 53.6 Å². The predicted molar refractivity (Wildman–Crippen MR) is 147 cm³/mol. The van der Waals surface area contributed by atoms with Gasteiger partial charge in [0.05, 0.1) is 37.5 Å². The van der Waals surface area contributed by atoms with E-state index in [4.69, 9.17) is 60.9 Å². The van der Waals surface area contributed by atoms with Crippen molar-refractivity contribution in [3.8, 4) is 11.5 Å². The topological polar surface area (TPSA) is 218 Å². The summed E-state index contributed by atoms with van der Waals surface area (Å²) in [6, 6.07) is 8.09. The number of rotatable bonds is 8. The first-order valence-electron chi connectivity index (χ1n) is 11.5. The summed E-state index contributed by atoms with van der Waals surface area (Å²) in [4.78, 5) is 11.0. The zero-order valence-electron chi connectivity index (χ0n) is 21.5. The highest BCUT2D eigenvalue weighted by atomic mass is 35.5. The molecule has 0 radical (unpaired) electrons. The minimum absolute atomic E-state index is 0.0364. The zero-order valence-corrected chi connectivity index (χ0v) is 23.9. The standard InChI is InChI=1S/C22H24ClFN4O3.2H2O4S/c1-29-20-13-19-16(12-21(20)31-8-2-5-28-6-9-30-10-7-28)22(26-14-25-19)27-15-3-4-18(24)17(23)11-15;2*1-5(2,3)4/h3-4,11-14H,2,5-10H2,1H3,(H,25,26,27);2*(H2,1,2,3,4). The number of halogens is 2. The molecule has 41 heavy (non-hydrogen) atoms. The van der Waals surface area contributed by atoms with Crippen LogP contribution in [0.1, 0.15) is 6.42 Å². The molecule has 5 N–H and O–H groups in total. The highest BCUT2D eigenvalue weighted by Crippen LogP contribution is 2.35. The zero-order chi connectivity index (χ0) is 30.6. The molecule has 0 bridgehead atoms. The lowest BCUT2D eigenvalue weighted by Crippen LogP contribution is -2.37. The third-order valence-corrected chi connectivity index (χ3v) is 5.37. The number of hydrogen-bond donors (Lipinski definition) is 5. The van der Waals surface area contributed by atoms with E-state index < -0.39 is 26.6 Å². The molecule has 19 heteroatoms. The maximum absolute atomic E-state index is 13.5. The number of methoxy groups -OCH3 is 1. The first-order chi connectivity index (χ1) is 19.1. The van der Waals surface area contributed by atoms with Gasteiger partial charge in [-0.15, -0.1) is 0 Å². The summed E-state index contributed by atoms with van der Waals surface area (Å²) >= 11 is 5.90. The molecule has 228 valence electrons. The van der Waals surface area contributed by atoms with Gasteiger partial charge in [-0.1, -0.05) is 11.6 Å². The van der Waals surface area contributed by atoms with Gasteiger partial charge in [0.15, 0.2) is 11.5 Å². The van der Waals surface area contributed by atoms with Crippen LogP contribution in [-0.4, -0.2) is 96.5 Å². The van der Waals surface area contributed by atoms with E-state index in [0.29, 0.717) is 35.1 Å². The molecule has 4 rings (SSSR count). The number of anilines is 2. The van der Waals surface area contributed by atoms with Gasteiger partial charge in [0, 0.05) is 36.8 Å². The van der Waals surface area contributed by atoms with E-state index in [1.165, 1.54) is 18.5 Å². The van der Waals surface area contributed by atoms with E-state index in [9.17, 15) is 4.39 Å². The molecule has 1 aliphatic heterocycles. The second-order valence-corrected chi connectivity index (χ2v) is 10.2. The lowest BCUT2D eigenvalue weighted by Gasteiger charge is -2.26. The van der Waals surface area contributed by atoms with Gasteiger partial charge < -0.3 is 19.5 Å². The monoisotopic (exact) mass is 642 g/mol. The fourth-order valence-electron chi connectivity index (χ4n) is 3.44. The first kappa shape index (κ1) is 34.3. The molecule has 1 fully saturated rings. The van der Waals surface area contributed by atoms with Crippen molar-refractivity contribution in [3.63, 3.8) is 0 Å². The molecular formula is C22H28ClFN4O11S2. The fourth-order valence-corrected chi connectivity index (χ4v) is 3.62. The van der Waals surface area contributed by atoms with Gasteiger partial charge in [-0.05, 0) is 30.7 Å². The maximum Gasteiger partial charge on any atom is 0.394 e. The minimum atomic E-state index is -4.67. The molecule has 2 aromatic carbocycles. The van der Waals surface area contributed by atoms with E-state index in [-0.39, 0.29) is 5.02 Å². The summed E-state index contributed by atoms with van der Waals surface area (Å²) in [7, 11) is -7.73. The molecule has 3 aromatic rings.